The van der Waals surface area contributed by atoms with Crippen molar-refractivity contribution in [1.29, 1.82) is 0 Å². The van der Waals surface area contributed by atoms with Gasteiger partial charge in [0.25, 0.3) is 0 Å². The fourth-order valence-electron chi connectivity index (χ4n) is 4.04. The van der Waals surface area contributed by atoms with Crippen molar-refractivity contribution < 1.29 is 14.3 Å². The standard InChI is InChI=1S/C25H33N3O3/c1-26(16-14-19-9-5-6-11-24(19)31-4)15-8-7-10-23(29)20-12-13-22-21(17-20)18-27(2)25(30)28(22)3/h5-6,9,11-13,17H,7-8,10,14-16,18H2,1-4H3. The molecule has 2 aromatic rings. The summed E-state index contributed by atoms with van der Waals surface area (Å²) in [7, 11) is 7.37. The fourth-order valence-corrected chi connectivity index (χ4v) is 4.04. The van der Waals surface area contributed by atoms with E-state index in [9.17, 15) is 9.59 Å². The largest absolute Gasteiger partial charge is 0.496 e. The molecule has 2 amide bonds. The minimum absolute atomic E-state index is 0.0265. The van der Waals surface area contributed by atoms with Gasteiger partial charge in [0.1, 0.15) is 5.75 Å². The molecule has 6 nitrogen and oxygen atoms in total. The Hall–Kier alpha value is -2.86. The van der Waals surface area contributed by atoms with Crippen LogP contribution in [0.4, 0.5) is 10.5 Å². The Morgan fingerprint density at radius 2 is 1.87 bits per heavy atom. The van der Waals surface area contributed by atoms with E-state index in [0.717, 1.165) is 54.9 Å². The van der Waals surface area contributed by atoms with Gasteiger partial charge in [-0.25, -0.2) is 4.79 Å². The van der Waals surface area contributed by atoms with E-state index in [0.29, 0.717) is 13.0 Å². The van der Waals surface area contributed by atoms with Gasteiger partial charge in [-0.05, 0) is 68.2 Å². The number of unbranched alkanes of at least 4 members (excludes halogenated alkanes) is 1. The predicted molar refractivity (Wildman–Crippen MR) is 124 cm³/mol. The van der Waals surface area contributed by atoms with Gasteiger partial charge in [0.15, 0.2) is 5.78 Å². The highest BCUT2D eigenvalue weighted by molar-refractivity contribution is 5.99. The van der Waals surface area contributed by atoms with Gasteiger partial charge in [-0.1, -0.05) is 18.2 Å². The number of benzene rings is 2. The number of ketones is 1. The summed E-state index contributed by atoms with van der Waals surface area (Å²) in [6.45, 7) is 2.46. The zero-order valence-electron chi connectivity index (χ0n) is 19.1. The molecule has 1 heterocycles. The number of nitrogens with zero attached hydrogens (tertiary/aromatic N) is 3. The Morgan fingerprint density at radius 3 is 2.65 bits per heavy atom. The van der Waals surface area contributed by atoms with E-state index in [-0.39, 0.29) is 11.8 Å². The summed E-state index contributed by atoms with van der Waals surface area (Å²) in [4.78, 5) is 30.3. The highest BCUT2D eigenvalue weighted by atomic mass is 16.5. The Labute approximate surface area is 185 Å². The normalized spacial score (nSPS) is 13.5. The maximum absolute atomic E-state index is 12.7. The monoisotopic (exact) mass is 423 g/mol. The lowest BCUT2D eigenvalue weighted by Gasteiger charge is -2.32. The molecule has 0 aliphatic carbocycles. The van der Waals surface area contributed by atoms with Crippen molar-refractivity contribution in [3.63, 3.8) is 0 Å². The molecular weight excluding hydrogens is 390 g/mol. The summed E-state index contributed by atoms with van der Waals surface area (Å²) in [5.41, 5.74) is 3.86. The number of hydrogen-bond donors (Lipinski definition) is 0. The van der Waals surface area contributed by atoms with Crippen LogP contribution in [0, 0.1) is 0 Å². The lowest BCUT2D eigenvalue weighted by Crippen LogP contribution is -2.42. The summed E-state index contributed by atoms with van der Waals surface area (Å²) in [5, 5.41) is 0. The predicted octanol–water partition coefficient (Wildman–Crippen LogP) is 4.22. The lowest BCUT2D eigenvalue weighted by atomic mass is 10.00. The second-order valence-corrected chi connectivity index (χ2v) is 8.29. The number of amides is 2. The summed E-state index contributed by atoms with van der Waals surface area (Å²) in [6.07, 6.45) is 3.34. The van der Waals surface area contributed by atoms with Crippen LogP contribution in [-0.4, -0.2) is 63.0 Å². The first kappa shape index (κ1) is 22.8. The minimum atomic E-state index is -0.0265. The van der Waals surface area contributed by atoms with E-state index in [4.69, 9.17) is 4.74 Å². The summed E-state index contributed by atoms with van der Waals surface area (Å²) in [6, 6.07) is 13.8. The van der Waals surface area contributed by atoms with E-state index in [1.54, 1.807) is 31.0 Å². The van der Waals surface area contributed by atoms with Crippen LogP contribution in [0.25, 0.3) is 0 Å². The smallest absolute Gasteiger partial charge is 0.324 e. The SMILES string of the molecule is COc1ccccc1CCN(C)CCCCC(=O)c1ccc2c(c1)CN(C)C(=O)N2C. The number of ether oxygens (including phenoxy) is 1. The number of carbonyl (C=O) groups is 2. The van der Waals surface area contributed by atoms with Gasteiger partial charge in [0, 0.05) is 39.2 Å². The van der Waals surface area contributed by atoms with E-state index in [2.05, 4.69) is 18.0 Å². The van der Waals surface area contributed by atoms with Crippen molar-refractivity contribution in [1.82, 2.24) is 9.80 Å². The molecule has 31 heavy (non-hydrogen) atoms. The number of anilines is 1. The number of urea groups is 1. The van der Waals surface area contributed by atoms with E-state index in [1.807, 2.05) is 36.4 Å². The molecule has 1 aliphatic heterocycles. The number of Topliss-reactive ketones (excluding diaryl/α,β-unsaturated/α-hetero) is 1. The second kappa shape index (κ2) is 10.4. The third-order valence-corrected chi connectivity index (χ3v) is 5.93. The number of carbonyl (C=O) groups excluding carboxylic acids is 2. The third-order valence-electron chi connectivity index (χ3n) is 5.93. The maximum Gasteiger partial charge on any atom is 0.324 e. The molecule has 0 bridgehead atoms. The van der Waals surface area contributed by atoms with Crippen LogP contribution in [0.3, 0.4) is 0 Å². The van der Waals surface area contributed by atoms with E-state index >= 15 is 0 Å². The number of methoxy groups -OCH3 is 1. The van der Waals surface area contributed by atoms with Crippen LogP contribution in [0.1, 0.15) is 40.7 Å². The van der Waals surface area contributed by atoms with Crippen LogP contribution in [0.15, 0.2) is 42.5 Å². The molecule has 0 spiro atoms. The van der Waals surface area contributed by atoms with Crippen molar-refractivity contribution >= 4 is 17.5 Å². The molecule has 0 aromatic heterocycles. The molecule has 166 valence electrons. The fraction of sp³-hybridized carbons (Fsp3) is 0.440. The van der Waals surface area contributed by atoms with Crippen LogP contribution in [-0.2, 0) is 13.0 Å². The van der Waals surface area contributed by atoms with Gasteiger partial charge in [0.05, 0.1) is 12.8 Å². The summed E-state index contributed by atoms with van der Waals surface area (Å²) < 4.78 is 5.42. The molecular formula is C25H33N3O3. The van der Waals surface area contributed by atoms with Crippen LogP contribution < -0.4 is 9.64 Å². The summed E-state index contributed by atoms with van der Waals surface area (Å²) in [5.74, 6) is 1.11. The lowest BCUT2D eigenvalue weighted by molar-refractivity contribution is 0.0978. The third kappa shape index (κ3) is 5.64. The van der Waals surface area contributed by atoms with Crippen molar-refractivity contribution in [3.8, 4) is 5.75 Å². The number of rotatable bonds is 10. The molecule has 1 aliphatic rings. The first-order valence-electron chi connectivity index (χ1n) is 10.9. The second-order valence-electron chi connectivity index (χ2n) is 8.29. The number of hydrogen-bond acceptors (Lipinski definition) is 4. The zero-order valence-corrected chi connectivity index (χ0v) is 19.1. The average Bonchev–Trinajstić information content (AvgIpc) is 2.78. The first-order chi connectivity index (χ1) is 14.9. The van der Waals surface area contributed by atoms with Crippen molar-refractivity contribution in [3.05, 3.63) is 59.2 Å². The Balaban J connectivity index is 1.43. The molecule has 2 aromatic carbocycles. The van der Waals surface area contributed by atoms with Gasteiger partial charge < -0.3 is 14.5 Å². The quantitative estimate of drug-likeness (QED) is 0.424. The number of likely N-dealkylation sites (N-methyl/N-ethyl adjacent to an activating group) is 1. The average molecular weight is 424 g/mol. The molecule has 0 saturated carbocycles. The molecule has 0 unspecified atom stereocenters. The Morgan fingerprint density at radius 1 is 1.10 bits per heavy atom. The molecule has 0 saturated heterocycles. The molecule has 0 radical (unpaired) electrons. The minimum Gasteiger partial charge on any atom is -0.496 e. The van der Waals surface area contributed by atoms with Crippen molar-refractivity contribution in [2.24, 2.45) is 0 Å². The molecule has 0 fully saturated rings. The number of para-hydroxylation sites is 1. The number of fused-ring (bicyclic) bond motifs is 1. The highest BCUT2D eigenvalue weighted by Crippen LogP contribution is 2.28. The van der Waals surface area contributed by atoms with Gasteiger partial charge >= 0.3 is 6.03 Å². The molecule has 0 atom stereocenters. The zero-order chi connectivity index (χ0) is 22.4. The van der Waals surface area contributed by atoms with Crippen molar-refractivity contribution in [2.75, 3.05) is 46.2 Å². The first-order valence-corrected chi connectivity index (χ1v) is 10.9. The molecule has 0 N–H and O–H groups in total. The van der Waals surface area contributed by atoms with Gasteiger partial charge in [-0.2, -0.15) is 0 Å². The maximum atomic E-state index is 12.7. The topological polar surface area (TPSA) is 53.1 Å². The Kier molecular flexibility index (Phi) is 7.69. The molecule has 3 rings (SSSR count). The van der Waals surface area contributed by atoms with Gasteiger partial charge in [-0.15, -0.1) is 0 Å². The van der Waals surface area contributed by atoms with Gasteiger partial charge in [-0.3, -0.25) is 9.69 Å². The Bertz CT molecular complexity index is 928. The van der Waals surface area contributed by atoms with Crippen LogP contribution in [0.5, 0.6) is 5.75 Å². The van der Waals surface area contributed by atoms with E-state index in [1.165, 1.54) is 5.56 Å². The van der Waals surface area contributed by atoms with Gasteiger partial charge in [0.2, 0.25) is 0 Å². The molecule has 6 heteroatoms. The highest BCUT2D eigenvalue weighted by Gasteiger charge is 2.25. The summed E-state index contributed by atoms with van der Waals surface area (Å²) >= 11 is 0. The van der Waals surface area contributed by atoms with E-state index < -0.39 is 0 Å². The van der Waals surface area contributed by atoms with Crippen LogP contribution >= 0.6 is 0 Å². The van der Waals surface area contributed by atoms with Crippen molar-refractivity contribution in [2.45, 2.75) is 32.2 Å². The van der Waals surface area contributed by atoms with Crippen LogP contribution in [0.2, 0.25) is 0 Å².